The number of nitrogens with zero attached hydrogens (tertiary/aromatic N) is 5. The van der Waals surface area contributed by atoms with Gasteiger partial charge in [-0.05, 0) is 12.1 Å². The Hall–Kier alpha value is -2.21. The van der Waals surface area contributed by atoms with E-state index >= 15 is 0 Å². The zero-order chi connectivity index (χ0) is 15.5. The van der Waals surface area contributed by atoms with Gasteiger partial charge in [0.2, 0.25) is 5.65 Å². The van der Waals surface area contributed by atoms with E-state index in [-0.39, 0.29) is 5.92 Å². The number of pyridine rings is 1. The molecule has 7 heteroatoms. The molecule has 0 aliphatic rings. The van der Waals surface area contributed by atoms with Crippen molar-refractivity contribution in [2.75, 3.05) is 11.9 Å². The molecule has 0 aliphatic carbocycles. The first kappa shape index (κ1) is 14.7. The van der Waals surface area contributed by atoms with Crippen molar-refractivity contribution < 1.29 is 0 Å². The molecule has 0 amide bonds. The Kier molecular flexibility index (Phi) is 4.20. The average molecular weight is 317 g/mol. The zero-order valence-corrected chi connectivity index (χ0v) is 13.2. The Morgan fingerprint density at radius 1 is 1.27 bits per heavy atom. The third-order valence-corrected chi connectivity index (χ3v) is 3.49. The van der Waals surface area contributed by atoms with Crippen molar-refractivity contribution in [1.29, 1.82) is 0 Å². The number of hydrogen-bond acceptors (Lipinski definition) is 5. The summed E-state index contributed by atoms with van der Waals surface area (Å²) < 4.78 is 1.70. The molecule has 0 saturated heterocycles. The molecule has 3 rings (SSSR count). The van der Waals surface area contributed by atoms with Gasteiger partial charge in [0.25, 0.3) is 0 Å². The molecule has 0 aromatic carbocycles. The van der Waals surface area contributed by atoms with E-state index in [0.29, 0.717) is 10.8 Å². The summed E-state index contributed by atoms with van der Waals surface area (Å²) in [5.74, 6) is 1.02. The standard InChI is InChI=1S/C15H17ClN6/c1-10(2)14-19-20-15-12(9-13(16)21-22(14)15)18-8-6-11-5-3-4-7-17-11/h3-5,7,9-10,18H,6,8H2,1-2H3. The van der Waals surface area contributed by atoms with Gasteiger partial charge in [0.1, 0.15) is 0 Å². The minimum absolute atomic E-state index is 0.224. The lowest BCUT2D eigenvalue weighted by atomic mass is 10.2. The van der Waals surface area contributed by atoms with Crippen molar-refractivity contribution in [2.45, 2.75) is 26.2 Å². The van der Waals surface area contributed by atoms with Crippen LogP contribution in [0.3, 0.4) is 0 Å². The third-order valence-electron chi connectivity index (χ3n) is 3.30. The van der Waals surface area contributed by atoms with E-state index in [2.05, 4.69) is 25.6 Å². The van der Waals surface area contributed by atoms with Crippen molar-refractivity contribution >= 4 is 22.9 Å². The molecular formula is C15H17ClN6. The molecule has 1 N–H and O–H groups in total. The highest BCUT2D eigenvalue weighted by Gasteiger charge is 2.14. The van der Waals surface area contributed by atoms with Gasteiger partial charge in [0.05, 0.1) is 5.69 Å². The van der Waals surface area contributed by atoms with E-state index in [1.54, 1.807) is 16.8 Å². The first-order chi connectivity index (χ1) is 10.6. The lowest BCUT2D eigenvalue weighted by Crippen LogP contribution is -2.09. The van der Waals surface area contributed by atoms with Crippen LogP contribution in [-0.2, 0) is 6.42 Å². The van der Waals surface area contributed by atoms with E-state index in [1.807, 2.05) is 32.0 Å². The number of anilines is 1. The van der Waals surface area contributed by atoms with Gasteiger partial charge in [-0.1, -0.05) is 31.5 Å². The summed E-state index contributed by atoms with van der Waals surface area (Å²) in [7, 11) is 0. The summed E-state index contributed by atoms with van der Waals surface area (Å²) in [6, 6.07) is 7.67. The second-order valence-electron chi connectivity index (χ2n) is 5.33. The van der Waals surface area contributed by atoms with E-state index < -0.39 is 0 Å². The Labute approximate surface area is 133 Å². The van der Waals surface area contributed by atoms with Crippen molar-refractivity contribution in [3.8, 4) is 0 Å². The summed E-state index contributed by atoms with van der Waals surface area (Å²) in [6.07, 6.45) is 2.61. The lowest BCUT2D eigenvalue weighted by Gasteiger charge is -2.08. The molecule has 3 heterocycles. The molecule has 0 spiro atoms. The molecule has 3 aromatic rings. The van der Waals surface area contributed by atoms with Crippen LogP contribution in [0.5, 0.6) is 0 Å². The highest BCUT2D eigenvalue weighted by molar-refractivity contribution is 6.29. The Bertz CT molecular complexity index is 768. The maximum absolute atomic E-state index is 6.11. The van der Waals surface area contributed by atoms with Gasteiger partial charge in [-0.15, -0.1) is 10.2 Å². The van der Waals surface area contributed by atoms with Gasteiger partial charge in [-0.25, -0.2) is 0 Å². The van der Waals surface area contributed by atoms with Gasteiger partial charge in [0, 0.05) is 36.8 Å². The number of rotatable bonds is 5. The zero-order valence-electron chi connectivity index (χ0n) is 12.5. The molecule has 0 unspecified atom stereocenters. The molecule has 0 bridgehead atoms. The SMILES string of the molecule is CC(C)c1nnc2c(NCCc3ccccn3)cc(Cl)nn12. The van der Waals surface area contributed by atoms with Crippen molar-refractivity contribution in [1.82, 2.24) is 24.8 Å². The highest BCUT2D eigenvalue weighted by atomic mass is 35.5. The summed E-state index contributed by atoms with van der Waals surface area (Å²) in [5.41, 5.74) is 2.56. The number of aromatic nitrogens is 5. The first-order valence-corrected chi connectivity index (χ1v) is 7.58. The van der Waals surface area contributed by atoms with Gasteiger partial charge in [0.15, 0.2) is 11.0 Å². The molecule has 0 atom stereocenters. The van der Waals surface area contributed by atoms with Crippen LogP contribution in [0.4, 0.5) is 5.69 Å². The topological polar surface area (TPSA) is 68.0 Å². The maximum Gasteiger partial charge on any atom is 0.201 e. The predicted molar refractivity (Wildman–Crippen MR) is 86.3 cm³/mol. The minimum atomic E-state index is 0.224. The van der Waals surface area contributed by atoms with Crippen LogP contribution >= 0.6 is 11.6 Å². The van der Waals surface area contributed by atoms with Gasteiger partial charge >= 0.3 is 0 Å². The van der Waals surface area contributed by atoms with Crippen molar-refractivity contribution in [3.63, 3.8) is 0 Å². The number of halogens is 1. The fraction of sp³-hybridized carbons (Fsp3) is 0.333. The van der Waals surface area contributed by atoms with Crippen LogP contribution < -0.4 is 5.32 Å². The molecule has 0 radical (unpaired) electrons. The molecule has 0 fully saturated rings. The first-order valence-electron chi connectivity index (χ1n) is 7.21. The molecular weight excluding hydrogens is 300 g/mol. The smallest absolute Gasteiger partial charge is 0.201 e. The highest BCUT2D eigenvalue weighted by Crippen LogP contribution is 2.21. The predicted octanol–water partition coefficient (Wildman–Crippen LogP) is 2.95. The fourth-order valence-electron chi connectivity index (χ4n) is 2.23. The van der Waals surface area contributed by atoms with Crippen LogP contribution in [0.2, 0.25) is 5.15 Å². The second kappa shape index (κ2) is 6.27. The molecule has 3 aromatic heterocycles. The van der Waals surface area contributed by atoms with Crippen LogP contribution in [-0.4, -0.2) is 31.3 Å². The minimum Gasteiger partial charge on any atom is -0.381 e. The van der Waals surface area contributed by atoms with Crippen LogP contribution in [0.1, 0.15) is 31.3 Å². The monoisotopic (exact) mass is 316 g/mol. The normalized spacial score (nSPS) is 11.3. The van der Waals surface area contributed by atoms with Gasteiger partial charge in [-0.2, -0.15) is 9.61 Å². The lowest BCUT2D eigenvalue weighted by molar-refractivity contribution is 0.721. The third kappa shape index (κ3) is 3.01. The molecule has 114 valence electrons. The summed E-state index contributed by atoms with van der Waals surface area (Å²) in [6.45, 7) is 4.83. The Balaban J connectivity index is 1.81. The Morgan fingerprint density at radius 3 is 2.86 bits per heavy atom. The quantitative estimate of drug-likeness (QED) is 0.783. The number of fused-ring (bicyclic) bond motifs is 1. The van der Waals surface area contributed by atoms with Crippen molar-refractivity contribution in [2.24, 2.45) is 0 Å². The fourth-order valence-corrected chi connectivity index (χ4v) is 2.41. The van der Waals surface area contributed by atoms with Gasteiger partial charge in [-0.3, -0.25) is 4.98 Å². The van der Waals surface area contributed by atoms with E-state index in [4.69, 9.17) is 11.6 Å². The summed E-state index contributed by atoms with van der Waals surface area (Å²) in [5, 5.41) is 16.5. The summed E-state index contributed by atoms with van der Waals surface area (Å²) >= 11 is 6.11. The van der Waals surface area contributed by atoms with Crippen molar-refractivity contribution in [3.05, 3.63) is 47.1 Å². The van der Waals surface area contributed by atoms with E-state index in [1.165, 1.54) is 0 Å². The maximum atomic E-state index is 6.11. The van der Waals surface area contributed by atoms with Crippen LogP contribution in [0, 0.1) is 0 Å². The second-order valence-corrected chi connectivity index (χ2v) is 5.71. The van der Waals surface area contributed by atoms with Crippen LogP contribution in [0.25, 0.3) is 5.65 Å². The van der Waals surface area contributed by atoms with E-state index in [9.17, 15) is 0 Å². The largest absolute Gasteiger partial charge is 0.381 e. The molecule has 22 heavy (non-hydrogen) atoms. The molecule has 0 saturated carbocycles. The summed E-state index contributed by atoms with van der Waals surface area (Å²) in [4.78, 5) is 4.31. The van der Waals surface area contributed by atoms with Crippen LogP contribution in [0.15, 0.2) is 30.5 Å². The molecule has 0 aliphatic heterocycles. The van der Waals surface area contributed by atoms with E-state index in [0.717, 1.165) is 30.2 Å². The van der Waals surface area contributed by atoms with Gasteiger partial charge < -0.3 is 5.32 Å². The Morgan fingerprint density at radius 2 is 2.14 bits per heavy atom. The molecule has 6 nitrogen and oxygen atoms in total. The average Bonchev–Trinajstić information content (AvgIpc) is 2.92. The number of nitrogens with one attached hydrogen (secondary N) is 1. The number of hydrogen-bond donors (Lipinski definition) is 1.